The molecule has 5 heteroatoms. The lowest BCUT2D eigenvalue weighted by molar-refractivity contribution is 0.518. The number of fused-ring (bicyclic) bond motifs is 1. The predicted octanol–water partition coefficient (Wildman–Crippen LogP) is 4.55. The summed E-state index contributed by atoms with van der Waals surface area (Å²) in [5.41, 5.74) is 6.16. The van der Waals surface area contributed by atoms with Gasteiger partial charge in [0.05, 0.1) is 11.4 Å². The molecule has 124 valence electrons. The zero-order valence-electron chi connectivity index (χ0n) is 13.9. The first-order valence-electron chi connectivity index (χ1n) is 7.86. The zero-order valence-corrected chi connectivity index (χ0v) is 13.9. The van der Waals surface area contributed by atoms with Crippen molar-refractivity contribution in [1.29, 1.82) is 0 Å². The van der Waals surface area contributed by atoms with E-state index in [1.54, 1.807) is 36.6 Å². The molecule has 0 saturated carbocycles. The molecule has 0 saturated heterocycles. The molecular weight excluding hydrogens is 315 g/mol. The van der Waals surface area contributed by atoms with Crippen molar-refractivity contribution in [2.75, 3.05) is 0 Å². The zero-order chi connectivity index (χ0) is 17.6. The average molecular weight is 332 g/mol. The second-order valence-corrected chi connectivity index (χ2v) is 5.31. The van der Waals surface area contributed by atoms with E-state index in [4.69, 9.17) is 0 Å². The van der Waals surface area contributed by atoms with Crippen molar-refractivity contribution < 1.29 is 4.39 Å². The SMILES string of the molecule is C=C(/C=C\C(F)=C/C)C1=NC2=C=CCC=NN2C(c2ccncc2)=C1. The molecule has 0 aromatic carbocycles. The predicted molar refractivity (Wildman–Crippen MR) is 99.3 cm³/mol. The van der Waals surface area contributed by atoms with E-state index in [0.29, 0.717) is 23.5 Å². The molecule has 1 aromatic heterocycles. The Morgan fingerprint density at radius 2 is 2.12 bits per heavy atom. The minimum absolute atomic E-state index is 0.323. The largest absolute Gasteiger partial charge is 0.265 e. The third kappa shape index (κ3) is 3.79. The van der Waals surface area contributed by atoms with Crippen LogP contribution in [-0.4, -0.2) is 21.9 Å². The van der Waals surface area contributed by atoms with Gasteiger partial charge in [-0.15, -0.1) is 0 Å². The molecule has 0 radical (unpaired) electrons. The molecule has 25 heavy (non-hydrogen) atoms. The molecule has 0 fully saturated rings. The van der Waals surface area contributed by atoms with Crippen LogP contribution in [0.5, 0.6) is 0 Å². The first-order chi connectivity index (χ1) is 12.2. The van der Waals surface area contributed by atoms with Gasteiger partial charge in [0.1, 0.15) is 5.83 Å². The highest BCUT2D eigenvalue weighted by Crippen LogP contribution is 2.29. The van der Waals surface area contributed by atoms with Gasteiger partial charge in [0.2, 0.25) is 0 Å². The highest BCUT2D eigenvalue weighted by atomic mass is 19.1. The van der Waals surface area contributed by atoms with Crippen LogP contribution in [0.3, 0.4) is 0 Å². The molecule has 2 aliphatic heterocycles. The molecule has 3 rings (SSSR count). The number of rotatable bonds is 4. The summed E-state index contributed by atoms with van der Waals surface area (Å²) < 4.78 is 13.3. The van der Waals surface area contributed by atoms with Crippen LogP contribution >= 0.6 is 0 Å². The van der Waals surface area contributed by atoms with Crippen molar-refractivity contribution >= 4 is 17.6 Å². The average Bonchev–Trinajstić information content (AvgIpc) is 2.91. The Bertz CT molecular complexity index is 895. The molecule has 3 heterocycles. The number of halogens is 1. The number of hydrogen-bond acceptors (Lipinski definition) is 4. The number of hydrazone groups is 1. The molecule has 0 spiro atoms. The fraction of sp³-hybridized carbons (Fsp3) is 0.100. The first kappa shape index (κ1) is 16.6. The van der Waals surface area contributed by atoms with Gasteiger partial charge >= 0.3 is 0 Å². The standard InChI is InChI=1S/C20H17FN4/c1-3-17(21)8-7-15(2)18-14-19(16-9-12-22-13-10-16)25-20(24-18)6-4-5-11-23-25/h3-4,7-14H,2,5H2,1H3/b8-7-,17-3+. The van der Waals surface area contributed by atoms with E-state index in [9.17, 15) is 4.39 Å². The van der Waals surface area contributed by atoms with Gasteiger partial charge in [0.15, 0.2) is 5.82 Å². The van der Waals surface area contributed by atoms with Gasteiger partial charge in [-0.2, -0.15) is 5.10 Å². The lowest BCUT2D eigenvalue weighted by Gasteiger charge is -2.25. The Balaban J connectivity index is 2.05. The third-order valence-electron chi connectivity index (χ3n) is 3.60. The normalized spacial score (nSPS) is 17.0. The summed E-state index contributed by atoms with van der Waals surface area (Å²) in [7, 11) is 0. The Morgan fingerprint density at radius 1 is 1.32 bits per heavy atom. The van der Waals surface area contributed by atoms with Crippen LogP contribution in [0.2, 0.25) is 0 Å². The molecule has 4 nitrogen and oxygen atoms in total. The fourth-order valence-electron chi connectivity index (χ4n) is 2.30. The monoisotopic (exact) mass is 332 g/mol. The van der Waals surface area contributed by atoms with Crippen LogP contribution in [-0.2, 0) is 0 Å². The maximum absolute atomic E-state index is 13.3. The van der Waals surface area contributed by atoms with E-state index in [0.717, 1.165) is 11.3 Å². The number of aliphatic imine (C=N–C) groups is 1. The number of allylic oxidation sites excluding steroid dienone is 7. The van der Waals surface area contributed by atoms with Crippen LogP contribution in [0, 0.1) is 0 Å². The van der Waals surface area contributed by atoms with E-state index >= 15 is 0 Å². The Kier molecular flexibility index (Phi) is 4.97. The van der Waals surface area contributed by atoms with Crippen molar-refractivity contribution in [3.8, 4) is 0 Å². The molecular formula is C20H17FN4. The molecule has 0 N–H and O–H groups in total. The second kappa shape index (κ2) is 7.51. The lowest BCUT2D eigenvalue weighted by Crippen LogP contribution is -2.20. The first-order valence-corrected chi connectivity index (χ1v) is 7.86. The third-order valence-corrected chi connectivity index (χ3v) is 3.60. The molecule has 0 amide bonds. The highest BCUT2D eigenvalue weighted by molar-refractivity contribution is 6.14. The van der Waals surface area contributed by atoms with Crippen LogP contribution in [0.25, 0.3) is 5.70 Å². The van der Waals surface area contributed by atoms with E-state index in [1.165, 1.54) is 12.2 Å². The summed E-state index contributed by atoms with van der Waals surface area (Å²) in [6.07, 6.45) is 14.0. The number of nitrogens with zero attached hydrogens (tertiary/aromatic N) is 4. The van der Waals surface area contributed by atoms with Gasteiger partial charge < -0.3 is 0 Å². The van der Waals surface area contributed by atoms with Crippen molar-refractivity contribution in [2.45, 2.75) is 13.3 Å². The van der Waals surface area contributed by atoms with E-state index in [1.807, 2.05) is 24.3 Å². The smallest absolute Gasteiger partial charge is 0.198 e. The molecule has 0 unspecified atom stereocenters. The summed E-state index contributed by atoms with van der Waals surface area (Å²) in [6, 6.07) is 3.79. The topological polar surface area (TPSA) is 40.9 Å². The minimum Gasteiger partial charge on any atom is -0.265 e. The van der Waals surface area contributed by atoms with Crippen LogP contribution in [0.1, 0.15) is 18.9 Å². The Morgan fingerprint density at radius 3 is 2.88 bits per heavy atom. The van der Waals surface area contributed by atoms with Gasteiger partial charge in [-0.1, -0.05) is 24.5 Å². The van der Waals surface area contributed by atoms with Gasteiger partial charge in [0, 0.05) is 30.6 Å². The number of aromatic nitrogens is 1. The maximum Gasteiger partial charge on any atom is 0.198 e. The summed E-state index contributed by atoms with van der Waals surface area (Å²) in [5, 5.41) is 6.18. The Hall–Kier alpha value is -3.30. The molecule has 1 aromatic rings. The molecule has 0 aliphatic carbocycles. The van der Waals surface area contributed by atoms with E-state index in [2.05, 4.69) is 27.4 Å². The van der Waals surface area contributed by atoms with Crippen LogP contribution in [0.4, 0.5) is 4.39 Å². The molecule has 0 atom stereocenters. The second-order valence-electron chi connectivity index (χ2n) is 5.31. The number of hydrogen-bond donors (Lipinski definition) is 0. The van der Waals surface area contributed by atoms with Gasteiger partial charge in [-0.3, -0.25) is 4.98 Å². The highest BCUT2D eigenvalue weighted by Gasteiger charge is 2.22. The van der Waals surface area contributed by atoms with E-state index in [-0.39, 0.29) is 5.83 Å². The minimum atomic E-state index is -0.323. The number of pyridine rings is 1. The van der Waals surface area contributed by atoms with Crippen LogP contribution in [0.15, 0.2) is 94.5 Å². The van der Waals surface area contributed by atoms with Gasteiger partial charge in [0.25, 0.3) is 0 Å². The lowest BCUT2D eigenvalue weighted by atomic mass is 10.1. The van der Waals surface area contributed by atoms with Crippen molar-refractivity contribution in [3.63, 3.8) is 0 Å². The summed E-state index contributed by atoms with van der Waals surface area (Å²) >= 11 is 0. The summed E-state index contributed by atoms with van der Waals surface area (Å²) in [4.78, 5) is 8.62. The van der Waals surface area contributed by atoms with Crippen molar-refractivity contribution in [2.24, 2.45) is 10.1 Å². The Labute approximate surface area is 146 Å². The maximum atomic E-state index is 13.3. The van der Waals surface area contributed by atoms with E-state index < -0.39 is 0 Å². The van der Waals surface area contributed by atoms with Crippen molar-refractivity contribution in [1.82, 2.24) is 9.99 Å². The van der Waals surface area contributed by atoms with Gasteiger partial charge in [-0.25, -0.2) is 14.4 Å². The summed E-state index contributed by atoms with van der Waals surface area (Å²) in [5.74, 6) is 0.245. The van der Waals surface area contributed by atoms with Gasteiger partial charge in [-0.05, 0) is 42.9 Å². The summed E-state index contributed by atoms with van der Waals surface area (Å²) in [6.45, 7) is 5.64. The fourth-order valence-corrected chi connectivity index (χ4v) is 2.30. The quantitative estimate of drug-likeness (QED) is 0.599. The van der Waals surface area contributed by atoms with Crippen molar-refractivity contribution in [3.05, 3.63) is 90.0 Å². The molecule has 2 aliphatic rings. The van der Waals surface area contributed by atoms with Crippen LogP contribution < -0.4 is 0 Å². The molecule has 0 bridgehead atoms.